The average Bonchev–Trinajstić information content (AvgIpc) is 2.46. The Bertz CT molecular complexity index is 674. The van der Waals surface area contributed by atoms with Gasteiger partial charge in [0.15, 0.2) is 0 Å². The van der Waals surface area contributed by atoms with E-state index in [0.717, 1.165) is 13.1 Å². The third kappa shape index (κ3) is 2.54. The first-order valence-corrected chi connectivity index (χ1v) is 7.36. The van der Waals surface area contributed by atoms with E-state index < -0.39 is 0 Å². The van der Waals surface area contributed by atoms with Gasteiger partial charge in [-0.05, 0) is 45.6 Å². The van der Waals surface area contributed by atoms with Crippen molar-refractivity contribution in [3.05, 3.63) is 60.2 Å². The van der Waals surface area contributed by atoms with E-state index in [1.165, 1.54) is 27.1 Å². The molecule has 3 rings (SSSR count). The van der Waals surface area contributed by atoms with Crippen molar-refractivity contribution in [2.75, 3.05) is 6.54 Å². The molecule has 0 aliphatic rings. The van der Waals surface area contributed by atoms with E-state index in [1.54, 1.807) is 0 Å². The number of nitrogens with one attached hydrogen (secondary N) is 1. The van der Waals surface area contributed by atoms with E-state index in [9.17, 15) is 0 Å². The van der Waals surface area contributed by atoms with Crippen LogP contribution in [0.2, 0.25) is 0 Å². The fourth-order valence-electron chi connectivity index (χ4n) is 2.78. The van der Waals surface area contributed by atoms with Gasteiger partial charge in [0.2, 0.25) is 0 Å². The van der Waals surface area contributed by atoms with Crippen molar-refractivity contribution < 1.29 is 0 Å². The first-order valence-electron chi connectivity index (χ1n) is 7.36. The minimum absolute atomic E-state index is 0.677. The van der Waals surface area contributed by atoms with Crippen molar-refractivity contribution in [2.45, 2.75) is 20.4 Å². The standard InChI is InChI=1S/C19H21N/c1-14(2)12-20-13-19-17-9-5-3-7-15(17)11-16-8-4-6-10-18(16)19/h3-11,14,20H,12-13H2,1-2H3. The van der Waals surface area contributed by atoms with Crippen LogP contribution in [0.5, 0.6) is 0 Å². The van der Waals surface area contributed by atoms with Crippen molar-refractivity contribution in [3.63, 3.8) is 0 Å². The third-order valence-electron chi connectivity index (χ3n) is 3.74. The van der Waals surface area contributed by atoms with Crippen LogP contribution in [0.25, 0.3) is 21.5 Å². The second-order valence-electron chi connectivity index (χ2n) is 5.82. The highest BCUT2D eigenvalue weighted by Gasteiger charge is 2.07. The predicted octanol–water partition coefficient (Wildman–Crippen LogP) is 4.74. The molecule has 0 saturated heterocycles. The summed E-state index contributed by atoms with van der Waals surface area (Å²) >= 11 is 0. The van der Waals surface area contributed by atoms with Gasteiger partial charge >= 0.3 is 0 Å². The van der Waals surface area contributed by atoms with Gasteiger partial charge in [-0.2, -0.15) is 0 Å². The van der Waals surface area contributed by atoms with Crippen LogP contribution in [-0.4, -0.2) is 6.54 Å². The lowest BCUT2D eigenvalue weighted by atomic mass is 9.96. The van der Waals surface area contributed by atoms with E-state index in [4.69, 9.17) is 0 Å². The van der Waals surface area contributed by atoms with E-state index >= 15 is 0 Å². The second-order valence-corrected chi connectivity index (χ2v) is 5.82. The Kier molecular flexibility index (Phi) is 3.70. The molecule has 1 N–H and O–H groups in total. The molecule has 3 aromatic rings. The summed E-state index contributed by atoms with van der Waals surface area (Å²) in [5.74, 6) is 0.677. The van der Waals surface area contributed by atoms with Crippen LogP contribution < -0.4 is 5.32 Å². The number of hydrogen-bond acceptors (Lipinski definition) is 1. The zero-order chi connectivity index (χ0) is 13.9. The second kappa shape index (κ2) is 5.64. The minimum atomic E-state index is 0.677. The first kappa shape index (κ1) is 13.1. The summed E-state index contributed by atoms with van der Waals surface area (Å²) in [6.07, 6.45) is 0. The molecule has 0 amide bonds. The lowest BCUT2D eigenvalue weighted by Crippen LogP contribution is -2.19. The van der Waals surface area contributed by atoms with Crippen LogP contribution in [0, 0.1) is 5.92 Å². The maximum atomic E-state index is 3.59. The normalized spacial score (nSPS) is 11.6. The molecule has 0 spiro atoms. The van der Waals surface area contributed by atoms with Crippen LogP contribution >= 0.6 is 0 Å². The average molecular weight is 263 g/mol. The van der Waals surface area contributed by atoms with Crippen LogP contribution in [0.4, 0.5) is 0 Å². The van der Waals surface area contributed by atoms with Gasteiger partial charge in [0.05, 0.1) is 0 Å². The molecule has 0 aliphatic carbocycles. The summed E-state index contributed by atoms with van der Waals surface area (Å²) in [4.78, 5) is 0. The molecule has 0 radical (unpaired) electrons. The summed E-state index contributed by atoms with van der Waals surface area (Å²) in [5, 5.41) is 8.97. The Hall–Kier alpha value is -1.86. The monoisotopic (exact) mass is 263 g/mol. The quantitative estimate of drug-likeness (QED) is 0.670. The summed E-state index contributed by atoms with van der Waals surface area (Å²) in [6, 6.07) is 19.6. The van der Waals surface area contributed by atoms with E-state index in [-0.39, 0.29) is 0 Å². The fraction of sp³-hybridized carbons (Fsp3) is 0.263. The van der Waals surface area contributed by atoms with Gasteiger partial charge in [-0.3, -0.25) is 0 Å². The van der Waals surface area contributed by atoms with Crippen LogP contribution in [0.1, 0.15) is 19.4 Å². The Morgan fingerprint density at radius 2 is 1.40 bits per heavy atom. The molecule has 0 fully saturated rings. The molecule has 0 heterocycles. The van der Waals surface area contributed by atoms with Crippen LogP contribution in [-0.2, 0) is 6.54 Å². The fourth-order valence-corrected chi connectivity index (χ4v) is 2.78. The minimum Gasteiger partial charge on any atom is -0.312 e. The third-order valence-corrected chi connectivity index (χ3v) is 3.74. The van der Waals surface area contributed by atoms with E-state index in [2.05, 4.69) is 73.8 Å². The number of hydrogen-bond donors (Lipinski definition) is 1. The highest BCUT2D eigenvalue weighted by atomic mass is 14.9. The van der Waals surface area contributed by atoms with Crippen LogP contribution in [0.3, 0.4) is 0 Å². The largest absolute Gasteiger partial charge is 0.312 e. The van der Waals surface area contributed by atoms with Gasteiger partial charge in [0, 0.05) is 6.54 Å². The molecule has 102 valence electrons. The van der Waals surface area contributed by atoms with Gasteiger partial charge in [0.25, 0.3) is 0 Å². The Labute approximate surface area is 120 Å². The maximum absolute atomic E-state index is 3.59. The molecule has 0 bridgehead atoms. The molecular weight excluding hydrogens is 242 g/mol. The zero-order valence-corrected chi connectivity index (χ0v) is 12.2. The summed E-state index contributed by atoms with van der Waals surface area (Å²) in [7, 11) is 0. The van der Waals surface area contributed by atoms with Crippen molar-refractivity contribution in [1.29, 1.82) is 0 Å². The van der Waals surface area contributed by atoms with Crippen LogP contribution in [0.15, 0.2) is 54.6 Å². The number of rotatable bonds is 4. The molecule has 0 saturated carbocycles. The molecule has 3 aromatic carbocycles. The lowest BCUT2D eigenvalue weighted by molar-refractivity contribution is 0.554. The van der Waals surface area contributed by atoms with Crippen molar-refractivity contribution in [2.24, 2.45) is 5.92 Å². The number of benzene rings is 3. The van der Waals surface area contributed by atoms with Gasteiger partial charge in [-0.15, -0.1) is 0 Å². The molecule has 0 aromatic heterocycles. The zero-order valence-electron chi connectivity index (χ0n) is 12.2. The molecular formula is C19H21N. The van der Waals surface area contributed by atoms with E-state index in [1.807, 2.05) is 0 Å². The first-order chi connectivity index (χ1) is 9.75. The molecule has 0 atom stereocenters. The highest BCUT2D eigenvalue weighted by Crippen LogP contribution is 2.28. The van der Waals surface area contributed by atoms with Crippen molar-refractivity contribution >= 4 is 21.5 Å². The van der Waals surface area contributed by atoms with Crippen molar-refractivity contribution in [3.8, 4) is 0 Å². The van der Waals surface area contributed by atoms with Gasteiger partial charge < -0.3 is 5.32 Å². The molecule has 1 nitrogen and oxygen atoms in total. The van der Waals surface area contributed by atoms with Crippen molar-refractivity contribution in [1.82, 2.24) is 5.32 Å². The smallest absolute Gasteiger partial charge is 0.0217 e. The van der Waals surface area contributed by atoms with Gasteiger partial charge in [-0.1, -0.05) is 62.4 Å². The van der Waals surface area contributed by atoms with Gasteiger partial charge in [0.1, 0.15) is 0 Å². The summed E-state index contributed by atoms with van der Waals surface area (Å²) in [6.45, 7) is 6.47. The highest BCUT2D eigenvalue weighted by molar-refractivity contribution is 6.02. The maximum Gasteiger partial charge on any atom is 0.0217 e. The Morgan fingerprint density at radius 3 is 1.95 bits per heavy atom. The molecule has 0 unspecified atom stereocenters. The Morgan fingerprint density at radius 1 is 0.850 bits per heavy atom. The molecule has 1 heteroatoms. The Balaban J connectivity index is 2.12. The summed E-state index contributed by atoms with van der Waals surface area (Å²) in [5.41, 5.74) is 1.42. The predicted molar refractivity (Wildman–Crippen MR) is 88.0 cm³/mol. The van der Waals surface area contributed by atoms with E-state index in [0.29, 0.717) is 5.92 Å². The summed E-state index contributed by atoms with van der Waals surface area (Å²) < 4.78 is 0. The number of fused-ring (bicyclic) bond motifs is 2. The van der Waals surface area contributed by atoms with Gasteiger partial charge in [-0.25, -0.2) is 0 Å². The lowest BCUT2D eigenvalue weighted by Gasteiger charge is -2.13. The topological polar surface area (TPSA) is 12.0 Å². The molecule has 20 heavy (non-hydrogen) atoms. The molecule has 0 aliphatic heterocycles. The SMILES string of the molecule is CC(C)CNCc1c2ccccc2cc2ccccc12.